The summed E-state index contributed by atoms with van der Waals surface area (Å²) >= 11 is 0. The number of carboxylic acid groups (broad SMARTS) is 1. The Labute approximate surface area is 134 Å². The average Bonchev–Trinajstić information content (AvgIpc) is 2.84. The molecule has 22 heavy (non-hydrogen) atoms. The van der Waals surface area contributed by atoms with Crippen molar-refractivity contribution < 1.29 is 9.90 Å². The van der Waals surface area contributed by atoms with E-state index in [1.807, 2.05) is 0 Å². The van der Waals surface area contributed by atoms with Crippen LogP contribution in [0.15, 0.2) is 11.6 Å². The van der Waals surface area contributed by atoms with Gasteiger partial charge in [-0.05, 0) is 74.0 Å². The lowest BCUT2D eigenvalue weighted by atomic mass is 9.45. The third-order valence-corrected chi connectivity index (χ3v) is 8.39. The van der Waals surface area contributed by atoms with Gasteiger partial charge in [-0.1, -0.05) is 32.8 Å². The highest BCUT2D eigenvalue weighted by Gasteiger charge is 2.58. The highest BCUT2D eigenvalue weighted by atomic mass is 16.4. The molecule has 0 aromatic rings. The molecule has 0 amide bonds. The topological polar surface area (TPSA) is 37.3 Å². The third kappa shape index (κ3) is 1.82. The number of allylic oxidation sites excluding steroid dienone is 1. The summed E-state index contributed by atoms with van der Waals surface area (Å²) in [7, 11) is 0. The number of rotatable bonds is 1. The minimum Gasteiger partial charge on any atom is -0.478 e. The molecule has 4 aliphatic carbocycles. The first-order valence-corrected chi connectivity index (χ1v) is 9.41. The van der Waals surface area contributed by atoms with E-state index in [0.717, 1.165) is 36.2 Å². The molecule has 0 bridgehead atoms. The number of aliphatic carboxylic acids is 1. The number of hydrogen-bond acceptors (Lipinski definition) is 1. The largest absolute Gasteiger partial charge is 0.478 e. The maximum absolute atomic E-state index is 11.6. The number of carboxylic acids is 1. The van der Waals surface area contributed by atoms with Crippen molar-refractivity contribution >= 4 is 5.97 Å². The number of hydrogen-bond donors (Lipinski definition) is 1. The van der Waals surface area contributed by atoms with E-state index in [0.29, 0.717) is 11.3 Å². The van der Waals surface area contributed by atoms with Crippen LogP contribution in [0.1, 0.15) is 71.6 Å². The molecule has 0 aromatic carbocycles. The molecule has 6 atom stereocenters. The fourth-order valence-corrected chi connectivity index (χ4v) is 7.19. The van der Waals surface area contributed by atoms with Crippen LogP contribution < -0.4 is 0 Å². The molecule has 1 N–H and O–H groups in total. The average molecular weight is 302 g/mol. The molecule has 0 saturated heterocycles. The smallest absolute Gasteiger partial charge is 0.331 e. The second kappa shape index (κ2) is 4.85. The predicted molar refractivity (Wildman–Crippen MR) is 87.4 cm³/mol. The van der Waals surface area contributed by atoms with E-state index in [4.69, 9.17) is 0 Å². The van der Waals surface area contributed by atoms with E-state index in [-0.39, 0.29) is 5.41 Å². The van der Waals surface area contributed by atoms with Gasteiger partial charge in [0.15, 0.2) is 0 Å². The van der Waals surface area contributed by atoms with Crippen LogP contribution in [0, 0.1) is 34.5 Å². The summed E-state index contributed by atoms with van der Waals surface area (Å²) in [6.45, 7) is 4.83. The Bertz CT molecular complexity index is 522. The Morgan fingerprint density at radius 2 is 1.91 bits per heavy atom. The van der Waals surface area contributed by atoms with Crippen molar-refractivity contribution in [2.24, 2.45) is 34.5 Å². The van der Waals surface area contributed by atoms with E-state index in [1.165, 1.54) is 44.9 Å². The van der Waals surface area contributed by atoms with Crippen LogP contribution >= 0.6 is 0 Å². The molecule has 2 heteroatoms. The maximum atomic E-state index is 11.6. The minimum atomic E-state index is -0.666. The zero-order valence-corrected chi connectivity index (χ0v) is 14.1. The molecule has 0 heterocycles. The molecular formula is C20H30O2. The Balaban J connectivity index is 1.64. The van der Waals surface area contributed by atoms with Crippen molar-refractivity contribution in [3.63, 3.8) is 0 Å². The van der Waals surface area contributed by atoms with Gasteiger partial charge >= 0.3 is 5.97 Å². The highest BCUT2D eigenvalue weighted by Crippen LogP contribution is 2.66. The first-order valence-electron chi connectivity index (χ1n) is 9.41. The molecule has 0 radical (unpaired) electrons. The molecule has 0 aliphatic heterocycles. The van der Waals surface area contributed by atoms with Crippen molar-refractivity contribution in [1.82, 2.24) is 0 Å². The van der Waals surface area contributed by atoms with Gasteiger partial charge < -0.3 is 5.11 Å². The van der Waals surface area contributed by atoms with Crippen molar-refractivity contribution in [2.45, 2.75) is 71.6 Å². The van der Waals surface area contributed by atoms with E-state index in [9.17, 15) is 9.90 Å². The maximum Gasteiger partial charge on any atom is 0.331 e. The molecule has 0 unspecified atom stereocenters. The van der Waals surface area contributed by atoms with Gasteiger partial charge in [0.25, 0.3) is 0 Å². The predicted octanol–water partition coefficient (Wildman–Crippen LogP) is 5.04. The molecule has 4 rings (SSSR count). The summed E-state index contributed by atoms with van der Waals surface area (Å²) in [6.07, 6.45) is 13.9. The van der Waals surface area contributed by atoms with Crippen LogP contribution in [0.2, 0.25) is 0 Å². The van der Waals surface area contributed by atoms with Crippen molar-refractivity contribution in [2.75, 3.05) is 0 Å². The first kappa shape index (κ1) is 14.8. The van der Waals surface area contributed by atoms with Gasteiger partial charge in [0.05, 0.1) is 0 Å². The third-order valence-electron chi connectivity index (χ3n) is 8.39. The van der Waals surface area contributed by atoms with Gasteiger partial charge in [0.1, 0.15) is 0 Å². The van der Waals surface area contributed by atoms with E-state index >= 15 is 0 Å². The summed E-state index contributed by atoms with van der Waals surface area (Å²) in [5.74, 6) is 2.50. The Morgan fingerprint density at radius 3 is 2.68 bits per heavy atom. The van der Waals surface area contributed by atoms with Crippen LogP contribution in [0.4, 0.5) is 0 Å². The Hall–Kier alpha value is -0.790. The summed E-state index contributed by atoms with van der Waals surface area (Å²) in [5, 5.41) is 9.58. The zero-order chi connectivity index (χ0) is 15.5. The van der Waals surface area contributed by atoms with Crippen LogP contribution in [0.3, 0.4) is 0 Å². The molecule has 2 nitrogen and oxygen atoms in total. The van der Waals surface area contributed by atoms with Gasteiger partial charge in [-0.3, -0.25) is 0 Å². The minimum absolute atomic E-state index is 0.0507. The molecule has 0 aromatic heterocycles. The monoisotopic (exact) mass is 302 g/mol. The van der Waals surface area contributed by atoms with Crippen LogP contribution in [0.25, 0.3) is 0 Å². The molecular weight excluding hydrogens is 272 g/mol. The highest BCUT2D eigenvalue weighted by molar-refractivity contribution is 5.89. The van der Waals surface area contributed by atoms with Crippen LogP contribution in [-0.2, 0) is 4.79 Å². The summed E-state index contributed by atoms with van der Waals surface area (Å²) < 4.78 is 0. The Kier molecular flexibility index (Phi) is 3.26. The molecule has 122 valence electrons. The van der Waals surface area contributed by atoms with Crippen LogP contribution in [-0.4, -0.2) is 11.1 Å². The standard InChI is InChI=1S/C20H30O2/c1-19-11-4-3-5-13(19)6-7-14-15-8-9-17(18(21)22)20(15,2)12-10-16(14)19/h9,13-16H,3-8,10-12H2,1-2H3,(H,21,22)/t13-,14+,15+,16+,19+,20+/m1/s1. The second-order valence-corrected chi connectivity index (χ2v) is 9.02. The normalized spacial score (nSPS) is 50.5. The SMILES string of the molecule is C[C@]12CCCC[C@@H]1CC[C@@H]1[C@@H]2CC[C@]2(C)C(C(=O)O)=CC[C@@H]12. The lowest BCUT2D eigenvalue weighted by Gasteiger charge is -2.60. The zero-order valence-electron chi connectivity index (χ0n) is 14.1. The number of carbonyl (C=O) groups is 1. The van der Waals surface area contributed by atoms with E-state index in [2.05, 4.69) is 19.9 Å². The molecule has 4 aliphatic rings. The van der Waals surface area contributed by atoms with Crippen LogP contribution in [0.5, 0.6) is 0 Å². The quantitative estimate of drug-likeness (QED) is 0.736. The molecule has 0 spiro atoms. The Morgan fingerprint density at radius 1 is 1.09 bits per heavy atom. The fourth-order valence-electron chi connectivity index (χ4n) is 7.19. The molecule has 3 saturated carbocycles. The van der Waals surface area contributed by atoms with Crippen molar-refractivity contribution in [3.05, 3.63) is 11.6 Å². The van der Waals surface area contributed by atoms with Crippen molar-refractivity contribution in [3.8, 4) is 0 Å². The van der Waals surface area contributed by atoms with Gasteiger partial charge in [-0.2, -0.15) is 0 Å². The van der Waals surface area contributed by atoms with Gasteiger partial charge in [0, 0.05) is 11.0 Å². The summed E-state index contributed by atoms with van der Waals surface area (Å²) in [4.78, 5) is 11.6. The fraction of sp³-hybridized carbons (Fsp3) is 0.850. The van der Waals surface area contributed by atoms with Gasteiger partial charge in [-0.25, -0.2) is 4.79 Å². The van der Waals surface area contributed by atoms with Crippen molar-refractivity contribution in [1.29, 1.82) is 0 Å². The number of fused-ring (bicyclic) bond motifs is 5. The summed E-state index contributed by atoms with van der Waals surface area (Å²) in [5.41, 5.74) is 1.23. The first-order chi connectivity index (χ1) is 10.5. The van der Waals surface area contributed by atoms with Gasteiger partial charge in [0.2, 0.25) is 0 Å². The van der Waals surface area contributed by atoms with Gasteiger partial charge in [-0.15, -0.1) is 0 Å². The lowest BCUT2D eigenvalue weighted by molar-refractivity contribution is -0.136. The van der Waals surface area contributed by atoms with E-state index < -0.39 is 5.97 Å². The van der Waals surface area contributed by atoms with E-state index in [1.54, 1.807) is 0 Å². The summed E-state index contributed by atoms with van der Waals surface area (Å²) in [6, 6.07) is 0. The second-order valence-electron chi connectivity index (χ2n) is 9.02. The molecule has 3 fully saturated rings. The lowest BCUT2D eigenvalue weighted by Crippen LogP contribution is -2.52.